The molecule has 0 atom stereocenters. The van der Waals surface area contributed by atoms with E-state index in [9.17, 15) is 14.4 Å². The number of nitrogens with one attached hydrogen (secondary N) is 2. The van der Waals surface area contributed by atoms with Gasteiger partial charge in [0.05, 0.1) is 42.3 Å². The molecule has 2 aromatic carbocycles. The minimum Gasteiger partial charge on any atom is -0.467 e. The largest absolute Gasteiger partial charge is 0.467 e. The van der Waals surface area contributed by atoms with Gasteiger partial charge in [0.1, 0.15) is 11.5 Å². The Morgan fingerprint density at radius 1 is 0.974 bits per heavy atom. The van der Waals surface area contributed by atoms with Crippen molar-refractivity contribution in [3.05, 3.63) is 112 Å². The zero-order valence-corrected chi connectivity index (χ0v) is 22.0. The number of aryl methyl sites for hydroxylation is 1. The summed E-state index contributed by atoms with van der Waals surface area (Å²) in [7, 11) is 0. The number of hydrogen-bond donors (Lipinski definition) is 2. The third-order valence-corrected chi connectivity index (χ3v) is 7.06. The van der Waals surface area contributed by atoms with Gasteiger partial charge in [-0.25, -0.2) is 4.98 Å². The molecule has 0 aliphatic rings. The van der Waals surface area contributed by atoms with Crippen molar-refractivity contribution in [2.75, 3.05) is 11.1 Å². The molecule has 5 rings (SSSR count). The molecule has 0 radical (unpaired) electrons. The molecule has 0 bridgehead atoms. The van der Waals surface area contributed by atoms with Crippen molar-refractivity contribution in [2.45, 2.75) is 31.6 Å². The second-order valence-electron chi connectivity index (χ2n) is 8.71. The number of furan rings is 2. The molecule has 10 heteroatoms. The van der Waals surface area contributed by atoms with Crippen LogP contribution in [0.3, 0.4) is 0 Å². The third-order valence-electron chi connectivity index (χ3n) is 6.08. The Kier molecular flexibility index (Phi) is 7.93. The topological polar surface area (TPSA) is 119 Å². The molecule has 5 aromatic rings. The summed E-state index contributed by atoms with van der Waals surface area (Å²) in [6, 6.07) is 19.4. The van der Waals surface area contributed by atoms with E-state index in [-0.39, 0.29) is 36.2 Å². The maximum Gasteiger partial charge on any atom is 0.262 e. The molecule has 0 saturated carbocycles. The number of fused-ring (bicyclic) bond motifs is 1. The molecule has 39 heavy (non-hydrogen) atoms. The van der Waals surface area contributed by atoms with Crippen LogP contribution in [0, 0.1) is 0 Å². The summed E-state index contributed by atoms with van der Waals surface area (Å²) in [6.45, 7) is 2.42. The molecular weight excluding hydrogens is 516 g/mol. The maximum absolute atomic E-state index is 13.5. The first-order valence-corrected chi connectivity index (χ1v) is 13.4. The fourth-order valence-electron chi connectivity index (χ4n) is 4.10. The molecule has 3 heterocycles. The fourth-order valence-corrected chi connectivity index (χ4v) is 4.90. The quantitative estimate of drug-likeness (QED) is 0.191. The average molecular weight is 543 g/mol. The van der Waals surface area contributed by atoms with Gasteiger partial charge in [0.25, 0.3) is 11.5 Å². The number of amides is 2. The van der Waals surface area contributed by atoms with Gasteiger partial charge in [0.2, 0.25) is 5.91 Å². The number of nitrogens with zero attached hydrogens (tertiary/aromatic N) is 2. The number of benzene rings is 2. The Hall–Kier alpha value is -4.57. The van der Waals surface area contributed by atoms with Gasteiger partial charge < -0.3 is 19.5 Å². The number of thioether (sulfide) groups is 1. The number of hydrogen-bond acceptors (Lipinski definition) is 7. The Bertz CT molecular complexity index is 1660. The standard InChI is InChI=1S/C29H26N4O5S/c1-2-19-7-3-4-10-24(19)31-26(34)18-39-29-32-25-15-20(27(35)30-16-21-8-5-13-37-21)11-12-23(25)28(36)33(29)17-22-9-6-14-38-22/h3-15H,2,16-18H2,1H3,(H,30,35)(H,31,34). The maximum atomic E-state index is 13.5. The van der Waals surface area contributed by atoms with Crippen molar-refractivity contribution in [1.82, 2.24) is 14.9 Å². The summed E-state index contributed by atoms with van der Waals surface area (Å²) >= 11 is 1.15. The lowest BCUT2D eigenvalue weighted by Gasteiger charge is -2.13. The molecule has 9 nitrogen and oxygen atoms in total. The Balaban J connectivity index is 1.41. The zero-order chi connectivity index (χ0) is 27.2. The Labute approximate surface area is 228 Å². The van der Waals surface area contributed by atoms with Crippen molar-refractivity contribution >= 4 is 40.2 Å². The van der Waals surface area contributed by atoms with Gasteiger partial charge in [0.15, 0.2) is 5.16 Å². The zero-order valence-electron chi connectivity index (χ0n) is 21.2. The minimum absolute atomic E-state index is 0.0392. The summed E-state index contributed by atoms with van der Waals surface area (Å²) in [6.07, 6.45) is 3.86. The van der Waals surface area contributed by atoms with E-state index < -0.39 is 0 Å². The molecule has 0 unspecified atom stereocenters. The van der Waals surface area contributed by atoms with E-state index in [0.717, 1.165) is 29.4 Å². The average Bonchev–Trinajstić information content (AvgIpc) is 3.67. The van der Waals surface area contributed by atoms with Crippen LogP contribution in [0.2, 0.25) is 0 Å². The lowest BCUT2D eigenvalue weighted by molar-refractivity contribution is -0.113. The van der Waals surface area contributed by atoms with Gasteiger partial charge in [0, 0.05) is 11.3 Å². The monoisotopic (exact) mass is 542 g/mol. The second kappa shape index (κ2) is 11.9. The number of anilines is 1. The van der Waals surface area contributed by atoms with E-state index in [4.69, 9.17) is 8.83 Å². The molecule has 0 fully saturated rings. The van der Waals surface area contributed by atoms with Crippen molar-refractivity contribution in [2.24, 2.45) is 0 Å². The number of carbonyl (C=O) groups excluding carboxylic acids is 2. The number of rotatable bonds is 10. The van der Waals surface area contributed by atoms with E-state index >= 15 is 0 Å². The first kappa shape index (κ1) is 26.1. The van der Waals surface area contributed by atoms with Crippen LogP contribution in [-0.2, 0) is 24.3 Å². The van der Waals surface area contributed by atoms with Crippen molar-refractivity contribution in [1.29, 1.82) is 0 Å². The smallest absolute Gasteiger partial charge is 0.262 e. The van der Waals surface area contributed by atoms with Crippen LogP contribution in [0.25, 0.3) is 10.9 Å². The van der Waals surface area contributed by atoms with Gasteiger partial charge >= 0.3 is 0 Å². The molecule has 0 spiro atoms. The molecule has 0 aliphatic heterocycles. The van der Waals surface area contributed by atoms with Gasteiger partial charge in [-0.15, -0.1) is 0 Å². The van der Waals surface area contributed by atoms with Crippen molar-refractivity contribution < 1.29 is 18.4 Å². The molecule has 2 amide bonds. The van der Waals surface area contributed by atoms with Crippen LogP contribution in [-0.4, -0.2) is 27.1 Å². The lowest BCUT2D eigenvalue weighted by Crippen LogP contribution is -2.26. The highest BCUT2D eigenvalue weighted by molar-refractivity contribution is 7.99. The van der Waals surface area contributed by atoms with Crippen LogP contribution in [0.5, 0.6) is 0 Å². The summed E-state index contributed by atoms with van der Waals surface area (Å²) in [4.78, 5) is 43.8. The predicted molar refractivity (Wildman–Crippen MR) is 149 cm³/mol. The molecule has 3 aromatic heterocycles. The van der Waals surface area contributed by atoms with Crippen LogP contribution < -0.4 is 16.2 Å². The van der Waals surface area contributed by atoms with Crippen LogP contribution in [0.1, 0.15) is 34.4 Å². The van der Waals surface area contributed by atoms with Crippen LogP contribution >= 0.6 is 11.8 Å². The Morgan fingerprint density at radius 2 is 1.74 bits per heavy atom. The predicted octanol–water partition coefficient (Wildman–Crippen LogP) is 4.85. The van der Waals surface area contributed by atoms with Crippen LogP contribution in [0.4, 0.5) is 5.69 Å². The SMILES string of the molecule is CCc1ccccc1NC(=O)CSc1nc2cc(C(=O)NCc3ccco3)ccc2c(=O)n1Cc1ccco1. The number of para-hydroxylation sites is 1. The summed E-state index contributed by atoms with van der Waals surface area (Å²) in [5.74, 6) is 0.707. The molecule has 2 N–H and O–H groups in total. The van der Waals surface area contributed by atoms with Gasteiger partial charge in [-0.1, -0.05) is 36.9 Å². The van der Waals surface area contributed by atoms with E-state index in [1.165, 1.54) is 17.1 Å². The second-order valence-corrected chi connectivity index (χ2v) is 9.65. The molecular formula is C29H26N4O5S. The first-order valence-electron chi connectivity index (χ1n) is 12.4. The number of carbonyl (C=O) groups is 2. The third kappa shape index (κ3) is 6.12. The summed E-state index contributed by atoms with van der Waals surface area (Å²) in [5, 5.41) is 6.44. The van der Waals surface area contributed by atoms with E-state index in [1.54, 1.807) is 42.5 Å². The van der Waals surface area contributed by atoms with Crippen molar-refractivity contribution in [3.8, 4) is 0 Å². The highest BCUT2D eigenvalue weighted by Gasteiger charge is 2.17. The minimum atomic E-state index is -0.321. The first-order chi connectivity index (χ1) is 19.0. The molecule has 0 saturated heterocycles. The highest BCUT2D eigenvalue weighted by atomic mass is 32.2. The molecule has 198 valence electrons. The lowest BCUT2D eigenvalue weighted by atomic mass is 10.1. The normalized spacial score (nSPS) is 11.0. The van der Waals surface area contributed by atoms with E-state index in [1.807, 2.05) is 31.2 Å². The van der Waals surface area contributed by atoms with Gasteiger partial charge in [-0.05, 0) is 60.5 Å². The fraction of sp³-hybridized carbons (Fsp3) is 0.172. The van der Waals surface area contributed by atoms with E-state index in [2.05, 4.69) is 15.6 Å². The molecule has 0 aliphatic carbocycles. The van der Waals surface area contributed by atoms with Crippen LogP contribution in [0.15, 0.2) is 98.0 Å². The number of aromatic nitrogens is 2. The van der Waals surface area contributed by atoms with Gasteiger partial charge in [-0.3, -0.25) is 19.0 Å². The van der Waals surface area contributed by atoms with E-state index in [0.29, 0.717) is 33.1 Å². The highest BCUT2D eigenvalue weighted by Crippen LogP contribution is 2.22. The van der Waals surface area contributed by atoms with Crippen molar-refractivity contribution in [3.63, 3.8) is 0 Å². The Morgan fingerprint density at radius 3 is 2.49 bits per heavy atom. The summed E-state index contributed by atoms with van der Waals surface area (Å²) in [5.41, 5.74) is 2.22. The summed E-state index contributed by atoms with van der Waals surface area (Å²) < 4.78 is 12.2. The van der Waals surface area contributed by atoms with Gasteiger partial charge in [-0.2, -0.15) is 0 Å².